The molecule has 0 radical (unpaired) electrons. The minimum atomic E-state index is 0.494. The van der Waals surface area contributed by atoms with Crippen LogP contribution >= 0.6 is 11.8 Å². The zero-order valence-electron chi connectivity index (χ0n) is 13.3. The van der Waals surface area contributed by atoms with Crippen LogP contribution in [0.1, 0.15) is 44.2 Å². The molecule has 2 atom stereocenters. The smallest absolute Gasteiger partial charge is 0.0449 e. The van der Waals surface area contributed by atoms with Crippen LogP contribution in [-0.4, -0.2) is 41.6 Å². The minimum absolute atomic E-state index is 0.494. The summed E-state index contributed by atoms with van der Waals surface area (Å²) >= 11 is 2.10. The second kappa shape index (κ2) is 6.72. The van der Waals surface area contributed by atoms with Crippen molar-refractivity contribution >= 4 is 11.8 Å². The number of nitrogens with zero attached hydrogens (tertiary/aromatic N) is 1. The van der Waals surface area contributed by atoms with E-state index in [1.54, 1.807) is 0 Å². The van der Waals surface area contributed by atoms with Gasteiger partial charge in [0.05, 0.1) is 0 Å². The van der Waals surface area contributed by atoms with Crippen molar-refractivity contribution in [3.8, 4) is 0 Å². The highest BCUT2D eigenvalue weighted by atomic mass is 32.2. The van der Waals surface area contributed by atoms with Crippen LogP contribution in [0.4, 0.5) is 0 Å². The number of nitrogens with one attached hydrogen (secondary N) is 1. The fraction of sp³-hybridized carbons (Fsp3) is 0.667. The molecule has 3 rings (SSSR count). The molecule has 0 spiro atoms. The molecule has 2 nitrogen and oxygen atoms in total. The van der Waals surface area contributed by atoms with Crippen molar-refractivity contribution in [2.75, 3.05) is 25.9 Å². The van der Waals surface area contributed by atoms with Gasteiger partial charge in [-0.3, -0.25) is 4.90 Å². The van der Waals surface area contributed by atoms with Crippen LogP contribution in [0, 0.1) is 0 Å². The maximum absolute atomic E-state index is 3.76. The quantitative estimate of drug-likeness (QED) is 0.893. The lowest BCUT2D eigenvalue weighted by atomic mass is 9.83. The van der Waals surface area contributed by atoms with Gasteiger partial charge in [0.15, 0.2) is 0 Å². The molecular formula is C18H28N2S. The topological polar surface area (TPSA) is 15.3 Å². The molecule has 1 N–H and O–H groups in total. The maximum Gasteiger partial charge on any atom is 0.0449 e. The van der Waals surface area contributed by atoms with E-state index in [4.69, 9.17) is 0 Å². The highest BCUT2D eigenvalue weighted by molar-refractivity contribution is 8.00. The van der Waals surface area contributed by atoms with Crippen LogP contribution in [0.25, 0.3) is 0 Å². The summed E-state index contributed by atoms with van der Waals surface area (Å²) in [5, 5.41) is 3.76. The second-order valence-electron chi connectivity index (χ2n) is 6.60. The van der Waals surface area contributed by atoms with Crippen LogP contribution in [0.3, 0.4) is 0 Å². The van der Waals surface area contributed by atoms with Gasteiger partial charge in [0.1, 0.15) is 0 Å². The lowest BCUT2D eigenvalue weighted by Crippen LogP contribution is -2.57. The molecule has 2 fully saturated rings. The monoisotopic (exact) mass is 304 g/mol. The fourth-order valence-electron chi connectivity index (χ4n) is 3.73. The summed E-state index contributed by atoms with van der Waals surface area (Å²) < 4.78 is 0.548. The number of hydrogen-bond donors (Lipinski definition) is 1. The SMILES string of the molecule is CCC1CNC(c2ccccc2)CN1CC1(SC)CCC1. The van der Waals surface area contributed by atoms with E-state index in [-0.39, 0.29) is 0 Å². The van der Waals surface area contributed by atoms with Crippen molar-refractivity contribution < 1.29 is 0 Å². The summed E-state index contributed by atoms with van der Waals surface area (Å²) in [6.45, 7) is 5.89. The van der Waals surface area contributed by atoms with Crippen LogP contribution in [0.15, 0.2) is 30.3 Å². The van der Waals surface area contributed by atoms with Crippen LogP contribution < -0.4 is 5.32 Å². The zero-order chi connectivity index (χ0) is 14.7. The number of thioether (sulfide) groups is 1. The van der Waals surface area contributed by atoms with Crippen molar-refractivity contribution in [1.29, 1.82) is 0 Å². The molecule has 21 heavy (non-hydrogen) atoms. The Hall–Kier alpha value is -0.510. The third-order valence-electron chi connectivity index (χ3n) is 5.40. The minimum Gasteiger partial charge on any atom is -0.307 e. The Morgan fingerprint density at radius 1 is 1.29 bits per heavy atom. The highest BCUT2D eigenvalue weighted by Crippen LogP contribution is 2.44. The average Bonchev–Trinajstić information content (AvgIpc) is 2.51. The molecule has 1 heterocycles. The largest absolute Gasteiger partial charge is 0.307 e. The van der Waals surface area contributed by atoms with E-state index in [1.165, 1.54) is 37.8 Å². The molecule has 2 aliphatic rings. The van der Waals surface area contributed by atoms with Gasteiger partial charge in [-0.05, 0) is 31.1 Å². The maximum atomic E-state index is 3.76. The first-order valence-electron chi connectivity index (χ1n) is 8.34. The van der Waals surface area contributed by atoms with Gasteiger partial charge in [-0.1, -0.05) is 43.7 Å². The van der Waals surface area contributed by atoms with Gasteiger partial charge in [0.25, 0.3) is 0 Å². The van der Waals surface area contributed by atoms with Gasteiger partial charge < -0.3 is 5.32 Å². The molecule has 1 aromatic rings. The molecule has 116 valence electrons. The molecule has 2 unspecified atom stereocenters. The first-order chi connectivity index (χ1) is 10.3. The van der Waals surface area contributed by atoms with Gasteiger partial charge in [-0.25, -0.2) is 0 Å². The zero-order valence-corrected chi connectivity index (χ0v) is 14.2. The molecule has 1 aromatic carbocycles. The molecule has 1 saturated heterocycles. The first-order valence-corrected chi connectivity index (χ1v) is 9.56. The Morgan fingerprint density at radius 2 is 2.05 bits per heavy atom. The van der Waals surface area contributed by atoms with E-state index in [0.717, 1.165) is 13.1 Å². The van der Waals surface area contributed by atoms with E-state index in [1.807, 2.05) is 0 Å². The van der Waals surface area contributed by atoms with Crippen molar-refractivity contribution in [2.45, 2.75) is 49.4 Å². The van der Waals surface area contributed by atoms with Crippen molar-refractivity contribution in [3.63, 3.8) is 0 Å². The van der Waals surface area contributed by atoms with Crippen molar-refractivity contribution in [3.05, 3.63) is 35.9 Å². The molecule has 0 aromatic heterocycles. The molecule has 0 bridgehead atoms. The summed E-state index contributed by atoms with van der Waals surface area (Å²) in [7, 11) is 0. The molecule has 3 heteroatoms. The number of piperazine rings is 1. The van der Waals surface area contributed by atoms with Crippen molar-refractivity contribution in [2.24, 2.45) is 0 Å². The number of rotatable bonds is 5. The van der Waals surface area contributed by atoms with E-state index in [2.05, 4.69) is 65.5 Å². The standard InChI is InChI=1S/C18H28N2S/c1-3-16-12-19-17(15-8-5-4-6-9-15)13-20(16)14-18(21-2)10-7-11-18/h4-6,8-9,16-17,19H,3,7,10-14H2,1-2H3. The third-order valence-corrected chi connectivity index (χ3v) is 6.80. The molecular weight excluding hydrogens is 276 g/mol. The highest BCUT2D eigenvalue weighted by Gasteiger charge is 2.40. The fourth-order valence-corrected chi connectivity index (χ4v) is 4.72. The van der Waals surface area contributed by atoms with Gasteiger partial charge in [-0.15, -0.1) is 0 Å². The van der Waals surface area contributed by atoms with Gasteiger partial charge in [-0.2, -0.15) is 11.8 Å². The third kappa shape index (κ3) is 3.30. The van der Waals surface area contributed by atoms with E-state index >= 15 is 0 Å². The van der Waals surface area contributed by atoms with Crippen LogP contribution in [0.2, 0.25) is 0 Å². The Kier molecular flexibility index (Phi) is 4.92. The Balaban J connectivity index is 1.70. The van der Waals surface area contributed by atoms with E-state index in [0.29, 0.717) is 16.8 Å². The van der Waals surface area contributed by atoms with Crippen molar-refractivity contribution in [1.82, 2.24) is 10.2 Å². The lowest BCUT2D eigenvalue weighted by molar-refractivity contribution is 0.0979. The summed E-state index contributed by atoms with van der Waals surface area (Å²) in [6, 6.07) is 12.1. The normalized spacial score (nSPS) is 29.0. The predicted octanol–water partition coefficient (Wildman–Crippen LogP) is 3.70. The predicted molar refractivity (Wildman–Crippen MR) is 92.9 cm³/mol. The van der Waals surface area contributed by atoms with E-state index < -0.39 is 0 Å². The molecule has 1 saturated carbocycles. The lowest BCUT2D eigenvalue weighted by Gasteiger charge is -2.49. The van der Waals surface area contributed by atoms with Crippen LogP contribution in [-0.2, 0) is 0 Å². The first kappa shape index (κ1) is 15.4. The number of benzene rings is 1. The Morgan fingerprint density at radius 3 is 2.62 bits per heavy atom. The summed E-state index contributed by atoms with van der Waals surface area (Å²) in [6.07, 6.45) is 7.79. The molecule has 1 aliphatic heterocycles. The summed E-state index contributed by atoms with van der Waals surface area (Å²) in [5.74, 6) is 0. The average molecular weight is 305 g/mol. The Labute approximate surface area is 133 Å². The Bertz CT molecular complexity index is 438. The van der Waals surface area contributed by atoms with Gasteiger partial charge in [0.2, 0.25) is 0 Å². The van der Waals surface area contributed by atoms with Gasteiger partial charge >= 0.3 is 0 Å². The van der Waals surface area contributed by atoms with E-state index in [9.17, 15) is 0 Å². The summed E-state index contributed by atoms with van der Waals surface area (Å²) in [5.41, 5.74) is 1.43. The second-order valence-corrected chi connectivity index (χ2v) is 7.88. The molecule has 1 aliphatic carbocycles. The molecule has 0 amide bonds. The summed E-state index contributed by atoms with van der Waals surface area (Å²) in [4.78, 5) is 2.77. The van der Waals surface area contributed by atoms with Gasteiger partial charge in [0, 0.05) is 36.5 Å². The van der Waals surface area contributed by atoms with Crippen LogP contribution in [0.5, 0.6) is 0 Å². The number of hydrogen-bond acceptors (Lipinski definition) is 3.